The third-order valence-electron chi connectivity index (χ3n) is 3.07. The second kappa shape index (κ2) is 8.97. The Kier molecular flexibility index (Phi) is 7.49. The van der Waals surface area contributed by atoms with Crippen LogP contribution in [0.15, 0.2) is 0 Å². The number of hydrogen-bond donors (Lipinski definition) is 0. The van der Waals surface area contributed by atoms with Crippen molar-refractivity contribution in [3.63, 3.8) is 0 Å². The summed E-state index contributed by atoms with van der Waals surface area (Å²) in [6.07, 6.45) is 7.83. The molecular weight excluding hydrogens is 226 g/mol. The van der Waals surface area contributed by atoms with Gasteiger partial charge in [0.1, 0.15) is 0 Å². The second-order valence-electron chi connectivity index (χ2n) is 4.76. The van der Waals surface area contributed by atoms with E-state index in [4.69, 9.17) is 14.7 Å². The average molecular weight is 249 g/mol. The van der Waals surface area contributed by atoms with E-state index in [1.54, 1.807) is 0 Å². The Bertz CT molecular complexity index is 316. The topological polar surface area (TPSA) is 42.2 Å². The Hall–Kier alpha value is -1.03. The van der Waals surface area contributed by atoms with E-state index in [1.165, 1.54) is 6.42 Å². The smallest absolute Gasteiger partial charge is 0.166 e. The summed E-state index contributed by atoms with van der Waals surface area (Å²) in [5.74, 6) is 5.97. The lowest BCUT2D eigenvalue weighted by atomic mass is 10.1. The summed E-state index contributed by atoms with van der Waals surface area (Å²) in [5.41, 5.74) is 0. The predicted molar refractivity (Wildman–Crippen MR) is 70.6 cm³/mol. The number of hydrogen-bond acceptors (Lipinski definition) is 3. The minimum absolute atomic E-state index is 0.397. The molecule has 18 heavy (non-hydrogen) atoms. The average Bonchev–Trinajstić information content (AvgIpc) is 2.79. The van der Waals surface area contributed by atoms with Gasteiger partial charge in [0.05, 0.1) is 19.3 Å². The maximum Gasteiger partial charge on any atom is 0.166 e. The van der Waals surface area contributed by atoms with Gasteiger partial charge in [0.15, 0.2) is 5.79 Å². The van der Waals surface area contributed by atoms with Crippen LogP contribution < -0.4 is 0 Å². The van der Waals surface area contributed by atoms with E-state index in [-0.39, 0.29) is 0 Å². The molecule has 0 N–H and O–H groups in total. The molecule has 0 atom stereocenters. The fraction of sp³-hybridized carbons (Fsp3) is 0.800. The van der Waals surface area contributed by atoms with Crippen molar-refractivity contribution in [2.75, 3.05) is 13.2 Å². The van der Waals surface area contributed by atoms with E-state index in [1.807, 2.05) is 6.92 Å². The van der Waals surface area contributed by atoms with Gasteiger partial charge in [0, 0.05) is 25.7 Å². The molecule has 1 saturated heterocycles. The first-order valence-electron chi connectivity index (χ1n) is 6.87. The number of rotatable bonds is 7. The fourth-order valence-electron chi connectivity index (χ4n) is 1.94. The van der Waals surface area contributed by atoms with Gasteiger partial charge in [-0.3, -0.25) is 0 Å². The van der Waals surface area contributed by atoms with Gasteiger partial charge in [0.2, 0.25) is 0 Å². The fourth-order valence-corrected chi connectivity index (χ4v) is 1.94. The molecule has 0 aromatic carbocycles. The van der Waals surface area contributed by atoms with Crippen LogP contribution in [0.1, 0.15) is 58.3 Å². The minimum Gasteiger partial charge on any atom is -0.348 e. The molecule has 100 valence electrons. The third-order valence-corrected chi connectivity index (χ3v) is 3.07. The van der Waals surface area contributed by atoms with E-state index in [2.05, 4.69) is 17.9 Å². The van der Waals surface area contributed by atoms with Crippen LogP contribution in [-0.2, 0) is 9.47 Å². The molecule has 0 aromatic rings. The minimum atomic E-state index is -0.397. The van der Waals surface area contributed by atoms with Crippen LogP contribution in [0, 0.1) is 23.2 Å². The Labute approximate surface area is 110 Å². The molecule has 0 aliphatic carbocycles. The van der Waals surface area contributed by atoms with Crippen molar-refractivity contribution < 1.29 is 9.47 Å². The van der Waals surface area contributed by atoms with Crippen molar-refractivity contribution in [1.29, 1.82) is 5.26 Å². The van der Waals surface area contributed by atoms with Crippen LogP contribution in [-0.4, -0.2) is 19.0 Å². The van der Waals surface area contributed by atoms with Gasteiger partial charge >= 0.3 is 0 Å². The van der Waals surface area contributed by atoms with E-state index >= 15 is 0 Å². The molecule has 1 rings (SSSR count). The van der Waals surface area contributed by atoms with Crippen molar-refractivity contribution >= 4 is 0 Å². The molecule has 1 fully saturated rings. The first-order chi connectivity index (χ1) is 8.77. The molecule has 0 aromatic heterocycles. The zero-order valence-electron chi connectivity index (χ0n) is 11.3. The zero-order chi connectivity index (χ0) is 13.1. The van der Waals surface area contributed by atoms with Crippen molar-refractivity contribution in [2.24, 2.45) is 0 Å². The molecule has 1 heterocycles. The van der Waals surface area contributed by atoms with Gasteiger partial charge in [0.25, 0.3) is 0 Å². The summed E-state index contributed by atoms with van der Waals surface area (Å²) in [4.78, 5) is 0. The Morgan fingerprint density at radius 1 is 0.944 bits per heavy atom. The maximum absolute atomic E-state index is 8.38. The maximum atomic E-state index is 8.38. The SMILES string of the molecule is CC1(CCC#CCCCCCCC#N)OCCO1. The highest BCUT2D eigenvalue weighted by molar-refractivity contribution is 4.99. The van der Waals surface area contributed by atoms with Gasteiger partial charge < -0.3 is 9.47 Å². The van der Waals surface area contributed by atoms with E-state index < -0.39 is 5.79 Å². The van der Waals surface area contributed by atoms with Crippen LogP contribution >= 0.6 is 0 Å². The summed E-state index contributed by atoms with van der Waals surface area (Å²) in [6, 6.07) is 2.17. The first kappa shape index (κ1) is 15.0. The number of ether oxygens (including phenoxy) is 2. The van der Waals surface area contributed by atoms with Gasteiger partial charge in [-0.25, -0.2) is 0 Å². The summed E-state index contributed by atoms with van der Waals surface area (Å²) < 4.78 is 11.0. The Morgan fingerprint density at radius 3 is 2.22 bits per heavy atom. The van der Waals surface area contributed by atoms with E-state index in [9.17, 15) is 0 Å². The highest BCUT2D eigenvalue weighted by Gasteiger charge is 2.29. The molecular formula is C15H23NO2. The van der Waals surface area contributed by atoms with E-state index in [0.29, 0.717) is 19.6 Å². The van der Waals surface area contributed by atoms with Crippen molar-refractivity contribution in [2.45, 2.75) is 64.1 Å². The standard InChI is InChI=1S/C15H23NO2/c1-15(17-13-14-18-15)11-9-7-5-3-2-4-6-8-10-12-16/h2-4,6,8-11,13-14H2,1H3. The van der Waals surface area contributed by atoms with Crippen molar-refractivity contribution in [3.05, 3.63) is 0 Å². The molecule has 1 aliphatic heterocycles. The lowest BCUT2D eigenvalue weighted by Gasteiger charge is -2.20. The zero-order valence-corrected chi connectivity index (χ0v) is 11.3. The van der Waals surface area contributed by atoms with Gasteiger partial charge in [-0.15, -0.1) is 11.8 Å². The Balaban J connectivity index is 1.93. The second-order valence-corrected chi connectivity index (χ2v) is 4.76. The molecule has 0 amide bonds. The molecule has 0 bridgehead atoms. The van der Waals surface area contributed by atoms with Gasteiger partial charge in [-0.1, -0.05) is 12.8 Å². The summed E-state index contributed by atoms with van der Waals surface area (Å²) in [5, 5.41) is 8.38. The van der Waals surface area contributed by atoms with Crippen LogP contribution in [0.3, 0.4) is 0 Å². The molecule has 3 heteroatoms. The van der Waals surface area contributed by atoms with Crippen LogP contribution in [0.25, 0.3) is 0 Å². The third kappa shape index (κ3) is 6.64. The summed E-state index contributed by atoms with van der Waals surface area (Å²) in [6.45, 7) is 3.39. The Morgan fingerprint density at radius 2 is 1.56 bits per heavy atom. The van der Waals surface area contributed by atoms with Crippen LogP contribution in [0.2, 0.25) is 0 Å². The lowest BCUT2D eigenvalue weighted by molar-refractivity contribution is -0.145. The summed E-state index contributed by atoms with van der Waals surface area (Å²) >= 11 is 0. The normalized spacial score (nSPS) is 16.9. The van der Waals surface area contributed by atoms with E-state index in [0.717, 1.165) is 38.5 Å². The van der Waals surface area contributed by atoms with Crippen LogP contribution in [0.5, 0.6) is 0 Å². The summed E-state index contributed by atoms with van der Waals surface area (Å²) in [7, 11) is 0. The lowest BCUT2D eigenvalue weighted by Crippen LogP contribution is -2.24. The molecule has 3 nitrogen and oxygen atoms in total. The van der Waals surface area contributed by atoms with Crippen LogP contribution in [0.4, 0.5) is 0 Å². The monoisotopic (exact) mass is 249 g/mol. The van der Waals surface area contributed by atoms with Gasteiger partial charge in [-0.2, -0.15) is 5.26 Å². The molecule has 0 unspecified atom stereocenters. The molecule has 0 radical (unpaired) electrons. The largest absolute Gasteiger partial charge is 0.348 e. The predicted octanol–water partition coefficient (Wildman–Crippen LogP) is 3.40. The quantitative estimate of drug-likeness (QED) is 0.513. The number of nitrogens with zero attached hydrogens (tertiary/aromatic N) is 1. The highest BCUT2D eigenvalue weighted by Crippen LogP contribution is 2.23. The van der Waals surface area contributed by atoms with Crippen molar-refractivity contribution in [1.82, 2.24) is 0 Å². The first-order valence-corrected chi connectivity index (χ1v) is 6.87. The molecule has 1 aliphatic rings. The number of nitriles is 1. The molecule has 0 spiro atoms. The van der Waals surface area contributed by atoms with Crippen molar-refractivity contribution in [3.8, 4) is 17.9 Å². The van der Waals surface area contributed by atoms with Gasteiger partial charge in [-0.05, 0) is 19.8 Å². The highest BCUT2D eigenvalue weighted by atomic mass is 16.7. The number of unbranched alkanes of at least 4 members (excludes halogenated alkanes) is 5. The molecule has 0 saturated carbocycles.